The summed E-state index contributed by atoms with van der Waals surface area (Å²) < 4.78 is 36.0. The number of nitrogens with zero attached hydrogens (tertiary/aromatic N) is 6. The molecule has 0 spiro atoms. The number of fused-ring (bicyclic) bond motifs is 1. The number of hydrogen-bond acceptors (Lipinski definition) is 12. The first kappa shape index (κ1) is 39.8. The Bertz CT molecular complexity index is 1670. The molecule has 1 aromatic heterocycles. The Morgan fingerprint density at radius 2 is 1.58 bits per heavy atom. The lowest BCUT2D eigenvalue weighted by Gasteiger charge is -2.35. The number of halogens is 1. The van der Waals surface area contributed by atoms with Crippen molar-refractivity contribution in [3.63, 3.8) is 0 Å². The molecule has 280 valence electrons. The van der Waals surface area contributed by atoms with Crippen molar-refractivity contribution in [2.75, 3.05) is 110 Å². The molecular weight excluding hydrogens is 675 g/mol. The lowest BCUT2D eigenvalue weighted by molar-refractivity contribution is -0.143. The van der Waals surface area contributed by atoms with E-state index in [2.05, 4.69) is 21.4 Å². The Labute approximate surface area is 302 Å². The van der Waals surface area contributed by atoms with E-state index in [-0.39, 0.29) is 43.3 Å². The number of nitriles is 1. The van der Waals surface area contributed by atoms with Gasteiger partial charge in [0.25, 0.3) is 0 Å². The number of amides is 3. The van der Waals surface area contributed by atoms with Gasteiger partial charge in [0.1, 0.15) is 24.8 Å². The molecule has 0 saturated carbocycles. The number of nitrogen functional groups attached to an aromatic ring is 1. The van der Waals surface area contributed by atoms with Crippen molar-refractivity contribution in [2.45, 2.75) is 19.3 Å². The van der Waals surface area contributed by atoms with E-state index in [4.69, 9.17) is 29.9 Å². The normalized spacial score (nSPS) is 12.9. The van der Waals surface area contributed by atoms with Crippen molar-refractivity contribution in [1.82, 2.24) is 25.1 Å². The van der Waals surface area contributed by atoms with Crippen LogP contribution in [0.1, 0.15) is 19.3 Å². The van der Waals surface area contributed by atoms with Gasteiger partial charge in [0.2, 0.25) is 23.7 Å². The molecule has 15 nitrogen and oxygen atoms in total. The summed E-state index contributed by atoms with van der Waals surface area (Å²) in [6.07, 6.45) is 1.80. The molecule has 52 heavy (non-hydrogen) atoms. The standard InChI is InChI=1S/C36H47FN8O7/c1-43(24-33(46)40-12-6-18-50-20-22-51-21-19-49-17-5-4-11-38)34(47)25-52-26-35(48)45-15-13-44(14-16-45)32-23-31(41-36(39)42-32)29-9-10-30(37)28-8-3-2-7-27(28)29/h2-3,7-10,23H,4-6,12-22,24-26H2,1H3,(H,40,46)(H2,39,41,42). The topological polar surface area (TPSA) is 185 Å². The summed E-state index contributed by atoms with van der Waals surface area (Å²) in [6.45, 7) is 4.25. The Balaban J connectivity index is 1.07. The van der Waals surface area contributed by atoms with Crippen LogP contribution in [0.5, 0.6) is 0 Å². The van der Waals surface area contributed by atoms with Gasteiger partial charge in [-0.2, -0.15) is 10.2 Å². The van der Waals surface area contributed by atoms with Crippen LogP contribution in [0.3, 0.4) is 0 Å². The first-order valence-corrected chi connectivity index (χ1v) is 17.3. The van der Waals surface area contributed by atoms with Crippen LogP contribution >= 0.6 is 0 Å². The number of nitrogens with one attached hydrogen (secondary N) is 1. The van der Waals surface area contributed by atoms with Gasteiger partial charge in [-0.05, 0) is 30.4 Å². The first-order chi connectivity index (χ1) is 25.3. The summed E-state index contributed by atoms with van der Waals surface area (Å²) in [7, 11) is 1.50. The summed E-state index contributed by atoms with van der Waals surface area (Å²) in [5.41, 5.74) is 7.39. The van der Waals surface area contributed by atoms with E-state index in [1.54, 1.807) is 23.1 Å². The minimum absolute atomic E-state index is 0.0892. The molecular formula is C36H47FN8O7. The highest BCUT2D eigenvalue weighted by molar-refractivity contribution is 5.96. The fraction of sp³-hybridized carbons (Fsp3) is 0.500. The molecule has 1 saturated heterocycles. The molecule has 4 rings (SSSR count). The highest BCUT2D eigenvalue weighted by atomic mass is 19.1. The highest BCUT2D eigenvalue weighted by Crippen LogP contribution is 2.31. The molecule has 1 aliphatic rings. The second-order valence-electron chi connectivity index (χ2n) is 12.0. The van der Waals surface area contributed by atoms with E-state index in [0.29, 0.717) is 109 Å². The minimum Gasteiger partial charge on any atom is -0.379 e. The maximum atomic E-state index is 14.4. The van der Waals surface area contributed by atoms with Crippen molar-refractivity contribution in [3.05, 3.63) is 48.3 Å². The van der Waals surface area contributed by atoms with Gasteiger partial charge < -0.3 is 44.7 Å². The molecule has 2 heterocycles. The summed E-state index contributed by atoms with van der Waals surface area (Å²) in [5, 5.41) is 12.4. The van der Waals surface area contributed by atoms with Crippen molar-refractivity contribution in [2.24, 2.45) is 0 Å². The molecule has 0 bridgehead atoms. The average molecular weight is 723 g/mol. The number of nitrogens with two attached hydrogens (primary N) is 1. The number of carbonyl (C=O) groups is 3. The van der Waals surface area contributed by atoms with E-state index >= 15 is 0 Å². The predicted molar refractivity (Wildman–Crippen MR) is 192 cm³/mol. The number of rotatable bonds is 21. The number of anilines is 2. The molecule has 3 aromatic rings. The van der Waals surface area contributed by atoms with E-state index in [9.17, 15) is 18.8 Å². The maximum Gasteiger partial charge on any atom is 0.248 e. The molecule has 1 fully saturated rings. The van der Waals surface area contributed by atoms with Gasteiger partial charge in [-0.3, -0.25) is 14.4 Å². The molecule has 3 N–H and O–H groups in total. The second-order valence-corrected chi connectivity index (χ2v) is 12.0. The number of aromatic nitrogens is 2. The van der Waals surface area contributed by atoms with Crippen LogP contribution in [0.15, 0.2) is 42.5 Å². The third kappa shape index (κ3) is 12.7. The number of likely N-dealkylation sites (N-methyl/N-ethyl adjacent to an activating group) is 1. The number of ether oxygens (including phenoxy) is 4. The SMILES string of the molecule is CN(CC(=O)NCCCOCCOCCOCCCC#N)C(=O)COCC(=O)N1CCN(c2cc(-c3ccc(F)c4ccccc34)nc(N)n2)CC1. The third-order valence-electron chi connectivity index (χ3n) is 8.20. The lowest BCUT2D eigenvalue weighted by atomic mass is 10.0. The molecule has 0 unspecified atom stereocenters. The van der Waals surface area contributed by atoms with Crippen LogP contribution < -0.4 is 16.0 Å². The number of piperazine rings is 1. The fourth-order valence-electron chi connectivity index (χ4n) is 5.41. The molecule has 16 heteroatoms. The predicted octanol–water partition coefficient (Wildman–Crippen LogP) is 2.00. The van der Waals surface area contributed by atoms with Crippen molar-refractivity contribution < 1.29 is 37.7 Å². The van der Waals surface area contributed by atoms with Gasteiger partial charge in [0.15, 0.2) is 0 Å². The zero-order valence-electron chi connectivity index (χ0n) is 29.6. The lowest BCUT2D eigenvalue weighted by Crippen LogP contribution is -2.50. The van der Waals surface area contributed by atoms with Crippen LogP contribution in [-0.4, -0.2) is 137 Å². The largest absolute Gasteiger partial charge is 0.379 e. The number of hydrogen-bond donors (Lipinski definition) is 2. The maximum absolute atomic E-state index is 14.4. The first-order valence-electron chi connectivity index (χ1n) is 17.3. The van der Waals surface area contributed by atoms with Crippen LogP contribution in [0, 0.1) is 17.1 Å². The van der Waals surface area contributed by atoms with E-state index in [1.807, 2.05) is 23.1 Å². The number of benzene rings is 2. The van der Waals surface area contributed by atoms with Crippen LogP contribution in [0.2, 0.25) is 0 Å². The Hall–Kier alpha value is -4.95. The average Bonchev–Trinajstić information content (AvgIpc) is 3.15. The molecule has 0 radical (unpaired) electrons. The van der Waals surface area contributed by atoms with E-state index < -0.39 is 5.91 Å². The number of unbranched alkanes of at least 4 members (excludes halogenated alkanes) is 1. The van der Waals surface area contributed by atoms with Gasteiger partial charge in [-0.25, -0.2) is 9.37 Å². The van der Waals surface area contributed by atoms with Crippen molar-refractivity contribution in [1.29, 1.82) is 5.26 Å². The van der Waals surface area contributed by atoms with Crippen molar-refractivity contribution in [3.8, 4) is 17.3 Å². The molecule has 0 aliphatic carbocycles. The van der Waals surface area contributed by atoms with Gasteiger partial charge in [0.05, 0.1) is 44.7 Å². The monoisotopic (exact) mass is 722 g/mol. The van der Waals surface area contributed by atoms with E-state index in [0.717, 1.165) is 10.9 Å². The van der Waals surface area contributed by atoms with Crippen LogP contribution in [0.25, 0.3) is 22.0 Å². The molecule has 2 aromatic carbocycles. The van der Waals surface area contributed by atoms with Crippen molar-refractivity contribution >= 4 is 40.3 Å². The molecule has 1 aliphatic heterocycles. The summed E-state index contributed by atoms with van der Waals surface area (Å²) >= 11 is 0. The van der Waals surface area contributed by atoms with Gasteiger partial charge >= 0.3 is 0 Å². The zero-order valence-corrected chi connectivity index (χ0v) is 29.6. The van der Waals surface area contributed by atoms with E-state index in [1.165, 1.54) is 18.0 Å². The van der Waals surface area contributed by atoms with Gasteiger partial charge in [-0.15, -0.1) is 0 Å². The summed E-state index contributed by atoms with van der Waals surface area (Å²) in [5.74, 6) is -0.608. The smallest absolute Gasteiger partial charge is 0.248 e. The third-order valence-corrected chi connectivity index (χ3v) is 8.20. The molecule has 0 atom stereocenters. The van der Waals surface area contributed by atoms with Gasteiger partial charge in [-0.1, -0.05) is 24.3 Å². The fourth-order valence-corrected chi connectivity index (χ4v) is 5.41. The van der Waals surface area contributed by atoms with Gasteiger partial charge in [0, 0.05) is 76.4 Å². The summed E-state index contributed by atoms with van der Waals surface area (Å²) in [4.78, 5) is 51.3. The second kappa shape index (κ2) is 21.4. The van der Waals surface area contributed by atoms with Crippen LogP contribution in [-0.2, 0) is 33.3 Å². The minimum atomic E-state index is -0.422. The quantitative estimate of drug-likeness (QED) is 0.153. The van der Waals surface area contributed by atoms with Crippen LogP contribution in [0.4, 0.5) is 16.2 Å². The number of carbonyl (C=O) groups excluding carboxylic acids is 3. The Kier molecular flexibility index (Phi) is 16.4. The Morgan fingerprint density at radius 1 is 0.904 bits per heavy atom. The zero-order chi connectivity index (χ0) is 37.1. The highest BCUT2D eigenvalue weighted by Gasteiger charge is 2.24. The Morgan fingerprint density at radius 3 is 2.29 bits per heavy atom. The molecule has 3 amide bonds. The summed E-state index contributed by atoms with van der Waals surface area (Å²) in [6, 6.07) is 14.1.